The quantitative estimate of drug-likeness (QED) is 0.760. The first-order valence-corrected chi connectivity index (χ1v) is 6.87. The summed E-state index contributed by atoms with van der Waals surface area (Å²) in [5.41, 5.74) is 0. The zero-order valence-corrected chi connectivity index (χ0v) is 11.1. The van der Waals surface area contributed by atoms with Gasteiger partial charge in [-0.2, -0.15) is 13.2 Å². The van der Waals surface area contributed by atoms with Gasteiger partial charge in [-0.05, 0) is 52.0 Å². The molecule has 1 aliphatic rings. The summed E-state index contributed by atoms with van der Waals surface area (Å²) in [5, 5.41) is 3.10. The number of hydrogen-bond donors (Lipinski definition) is 1. The number of ether oxygens (including phenoxy) is 1. The third kappa shape index (κ3) is 7.21. The van der Waals surface area contributed by atoms with Crippen LogP contribution in [0, 0.1) is 0 Å². The van der Waals surface area contributed by atoms with Crippen molar-refractivity contribution in [2.24, 2.45) is 0 Å². The Labute approximate surface area is 107 Å². The van der Waals surface area contributed by atoms with E-state index in [1.807, 2.05) is 7.05 Å². The van der Waals surface area contributed by atoms with Gasteiger partial charge in [-0.25, -0.2) is 0 Å². The summed E-state index contributed by atoms with van der Waals surface area (Å²) in [6.07, 6.45) is 1.71. The molecule has 2 unspecified atom stereocenters. The van der Waals surface area contributed by atoms with Gasteiger partial charge in [0.25, 0.3) is 0 Å². The molecule has 1 N–H and O–H groups in total. The predicted octanol–water partition coefficient (Wildman–Crippen LogP) is 3.66. The van der Waals surface area contributed by atoms with Gasteiger partial charge in [0, 0.05) is 19.1 Å². The second kappa shape index (κ2) is 8.00. The van der Waals surface area contributed by atoms with Crippen molar-refractivity contribution in [3.8, 4) is 0 Å². The highest BCUT2D eigenvalue weighted by Gasteiger charge is 2.26. The lowest BCUT2D eigenvalue weighted by Crippen LogP contribution is -2.28. The molecule has 0 radical (unpaired) electrons. The van der Waals surface area contributed by atoms with E-state index in [0.717, 1.165) is 32.3 Å². The van der Waals surface area contributed by atoms with Crippen molar-refractivity contribution in [1.29, 1.82) is 0 Å². The monoisotopic (exact) mass is 267 g/mol. The maximum Gasteiger partial charge on any atom is 0.389 e. The van der Waals surface area contributed by atoms with Gasteiger partial charge in [-0.3, -0.25) is 0 Å². The van der Waals surface area contributed by atoms with E-state index >= 15 is 0 Å². The molecular weight excluding hydrogens is 243 g/mol. The van der Waals surface area contributed by atoms with Crippen LogP contribution in [-0.4, -0.2) is 32.0 Å². The summed E-state index contributed by atoms with van der Waals surface area (Å²) >= 11 is 0. The molecule has 1 aliphatic heterocycles. The van der Waals surface area contributed by atoms with Gasteiger partial charge in [-0.15, -0.1) is 0 Å². The van der Waals surface area contributed by atoms with Crippen molar-refractivity contribution in [2.45, 2.75) is 69.7 Å². The van der Waals surface area contributed by atoms with E-state index < -0.39 is 12.6 Å². The Morgan fingerprint density at radius 1 is 1.28 bits per heavy atom. The molecule has 0 aromatic carbocycles. The molecule has 0 aromatic heterocycles. The topological polar surface area (TPSA) is 21.3 Å². The number of halogens is 3. The zero-order valence-electron chi connectivity index (χ0n) is 11.1. The summed E-state index contributed by atoms with van der Waals surface area (Å²) in [5.74, 6) is 0. The molecule has 0 saturated carbocycles. The Bertz CT molecular complexity index is 215. The van der Waals surface area contributed by atoms with Crippen LogP contribution in [0.3, 0.4) is 0 Å². The van der Waals surface area contributed by atoms with Crippen LogP contribution < -0.4 is 5.32 Å². The molecule has 1 saturated heterocycles. The summed E-state index contributed by atoms with van der Waals surface area (Å²) < 4.78 is 41.8. The summed E-state index contributed by atoms with van der Waals surface area (Å²) in [6, 6.07) is 0.179. The minimum absolute atomic E-state index is 0.179. The molecule has 1 heterocycles. The van der Waals surface area contributed by atoms with E-state index in [4.69, 9.17) is 4.74 Å². The van der Waals surface area contributed by atoms with Crippen molar-refractivity contribution in [2.75, 3.05) is 13.7 Å². The van der Waals surface area contributed by atoms with Gasteiger partial charge < -0.3 is 10.1 Å². The van der Waals surface area contributed by atoms with Crippen LogP contribution in [0.15, 0.2) is 0 Å². The Kier molecular flexibility index (Phi) is 7.00. The highest BCUT2D eigenvalue weighted by Crippen LogP contribution is 2.24. The van der Waals surface area contributed by atoms with Gasteiger partial charge in [0.05, 0.1) is 6.10 Å². The summed E-state index contributed by atoms with van der Waals surface area (Å²) in [6.45, 7) is 0.836. The van der Waals surface area contributed by atoms with Gasteiger partial charge in [-0.1, -0.05) is 0 Å². The van der Waals surface area contributed by atoms with Crippen molar-refractivity contribution in [3.63, 3.8) is 0 Å². The Morgan fingerprint density at radius 3 is 2.61 bits per heavy atom. The van der Waals surface area contributed by atoms with Crippen LogP contribution in [0.1, 0.15) is 51.4 Å². The molecule has 5 heteroatoms. The average molecular weight is 267 g/mol. The van der Waals surface area contributed by atoms with Gasteiger partial charge in [0.15, 0.2) is 0 Å². The van der Waals surface area contributed by atoms with E-state index in [2.05, 4.69) is 5.32 Å². The molecule has 1 rings (SSSR count). The molecule has 2 atom stereocenters. The van der Waals surface area contributed by atoms with Crippen molar-refractivity contribution >= 4 is 0 Å². The van der Waals surface area contributed by atoms with E-state index in [9.17, 15) is 13.2 Å². The molecular formula is C13H24F3NO. The Hall–Kier alpha value is -0.290. The lowest BCUT2D eigenvalue weighted by atomic mass is 9.99. The standard InChI is InChI=1S/C13H24F3NO/c1-17-11(5-4-9-13(14,15)16)7-8-12-6-2-3-10-18-12/h11-12,17H,2-10H2,1H3. The fourth-order valence-corrected chi connectivity index (χ4v) is 2.40. The van der Waals surface area contributed by atoms with Gasteiger partial charge >= 0.3 is 6.18 Å². The van der Waals surface area contributed by atoms with E-state index in [1.165, 1.54) is 6.42 Å². The number of nitrogens with one attached hydrogen (secondary N) is 1. The molecule has 0 amide bonds. The van der Waals surface area contributed by atoms with E-state index in [-0.39, 0.29) is 12.5 Å². The third-order valence-electron chi connectivity index (χ3n) is 3.53. The first-order valence-electron chi connectivity index (χ1n) is 6.87. The summed E-state index contributed by atoms with van der Waals surface area (Å²) in [7, 11) is 1.82. The molecule has 108 valence electrons. The SMILES string of the molecule is CNC(CCCC(F)(F)F)CCC1CCCCO1. The first-order chi connectivity index (χ1) is 8.51. The highest BCUT2D eigenvalue weighted by atomic mass is 19.4. The Balaban J connectivity index is 2.12. The van der Waals surface area contributed by atoms with Gasteiger partial charge in [0.2, 0.25) is 0 Å². The smallest absolute Gasteiger partial charge is 0.378 e. The number of rotatable bonds is 7. The van der Waals surface area contributed by atoms with Crippen LogP contribution in [0.2, 0.25) is 0 Å². The molecule has 0 spiro atoms. The highest BCUT2D eigenvalue weighted by molar-refractivity contribution is 4.71. The molecule has 1 fully saturated rings. The van der Waals surface area contributed by atoms with Crippen LogP contribution in [0.4, 0.5) is 13.2 Å². The van der Waals surface area contributed by atoms with E-state index in [1.54, 1.807) is 0 Å². The lowest BCUT2D eigenvalue weighted by Gasteiger charge is -2.25. The summed E-state index contributed by atoms with van der Waals surface area (Å²) in [4.78, 5) is 0. The molecule has 0 bridgehead atoms. The fraction of sp³-hybridized carbons (Fsp3) is 1.00. The van der Waals surface area contributed by atoms with Crippen molar-refractivity contribution < 1.29 is 17.9 Å². The van der Waals surface area contributed by atoms with Crippen LogP contribution >= 0.6 is 0 Å². The van der Waals surface area contributed by atoms with Crippen LogP contribution in [0.5, 0.6) is 0 Å². The number of hydrogen-bond acceptors (Lipinski definition) is 2. The zero-order chi connectivity index (χ0) is 13.4. The van der Waals surface area contributed by atoms with Crippen LogP contribution in [-0.2, 0) is 4.74 Å². The molecule has 0 aromatic rings. The Morgan fingerprint density at radius 2 is 2.06 bits per heavy atom. The second-order valence-electron chi connectivity index (χ2n) is 5.06. The van der Waals surface area contributed by atoms with E-state index in [0.29, 0.717) is 12.5 Å². The first kappa shape index (κ1) is 15.8. The van der Waals surface area contributed by atoms with Crippen LogP contribution in [0.25, 0.3) is 0 Å². The predicted molar refractivity (Wildman–Crippen MR) is 65.6 cm³/mol. The minimum Gasteiger partial charge on any atom is -0.378 e. The molecule has 2 nitrogen and oxygen atoms in total. The van der Waals surface area contributed by atoms with Gasteiger partial charge in [0.1, 0.15) is 0 Å². The van der Waals surface area contributed by atoms with Crippen molar-refractivity contribution in [3.05, 3.63) is 0 Å². The lowest BCUT2D eigenvalue weighted by molar-refractivity contribution is -0.135. The maximum absolute atomic E-state index is 12.0. The second-order valence-corrected chi connectivity index (χ2v) is 5.06. The van der Waals surface area contributed by atoms with Crippen molar-refractivity contribution in [1.82, 2.24) is 5.32 Å². The normalized spacial score (nSPS) is 23.0. The number of alkyl halides is 3. The maximum atomic E-state index is 12.0. The molecule has 0 aliphatic carbocycles. The largest absolute Gasteiger partial charge is 0.389 e. The minimum atomic E-state index is -4.02. The molecule has 18 heavy (non-hydrogen) atoms. The fourth-order valence-electron chi connectivity index (χ4n) is 2.40. The average Bonchev–Trinajstić information content (AvgIpc) is 2.33. The third-order valence-corrected chi connectivity index (χ3v) is 3.53.